The molecule has 0 saturated carbocycles. The van der Waals surface area contributed by atoms with Crippen LogP contribution in [0.5, 0.6) is 0 Å². The van der Waals surface area contributed by atoms with Gasteiger partial charge < -0.3 is 4.90 Å². The topological polar surface area (TPSA) is 57.7 Å². The van der Waals surface area contributed by atoms with Gasteiger partial charge in [0.05, 0.1) is 5.75 Å². The molecule has 1 unspecified atom stereocenters. The van der Waals surface area contributed by atoms with Crippen molar-refractivity contribution in [1.82, 2.24) is 9.21 Å². The van der Waals surface area contributed by atoms with Crippen molar-refractivity contribution in [2.24, 2.45) is 11.8 Å². The molecule has 0 radical (unpaired) electrons. The quantitative estimate of drug-likeness (QED) is 0.748. The van der Waals surface area contributed by atoms with E-state index in [2.05, 4.69) is 6.92 Å². The van der Waals surface area contributed by atoms with E-state index in [1.54, 1.807) is 4.31 Å². The van der Waals surface area contributed by atoms with Crippen molar-refractivity contribution in [2.45, 2.75) is 45.4 Å². The molecule has 2 heterocycles. The Morgan fingerprint density at radius 3 is 2.44 bits per heavy atom. The van der Waals surface area contributed by atoms with Crippen LogP contribution < -0.4 is 0 Å². The van der Waals surface area contributed by atoms with Gasteiger partial charge in [-0.05, 0) is 50.0 Å². The first-order chi connectivity index (χ1) is 13.0. The van der Waals surface area contributed by atoms with Crippen molar-refractivity contribution in [3.8, 4) is 0 Å². The van der Waals surface area contributed by atoms with Gasteiger partial charge in [-0.25, -0.2) is 12.7 Å². The lowest BCUT2D eigenvalue weighted by atomic mass is 9.93. The highest BCUT2D eigenvalue weighted by Gasteiger charge is 2.33. The molecule has 1 aromatic carbocycles. The van der Waals surface area contributed by atoms with Crippen molar-refractivity contribution in [2.75, 3.05) is 31.9 Å². The number of benzene rings is 1. The van der Waals surface area contributed by atoms with Gasteiger partial charge in [0.25, 0.3) is 0 Å². The number of piperidine rings is 2. The molecule has 0 bridgehead atoms. The maximum atomic E-state index is 12.7. The van der Waals surface area contributed by atoms with E-state index >= 15 is 0 Å². The molecule has 150 valence electrons. The molecule has 2 aliphatic rings. The predicted molar refractivity (Wildman–Crippen MR) is 108 cm³/mol. The van der Waals surface area contributed by atoms with Gasteiger partial charge in [-0.15, -0.1) is 0 Å². The van der Waals surface area contributed by atoms with Crippen molar-refractivity contribution >= 4 is 15.9 Å². The van der Waals surface area contributed by atoms with Crippen molar-refractivity contribution in [3.05, 3.63) is 35.9 Å². The minimum atomic E-state index is -3.23. The van der Waals surface area contributed by atoms with Crippen molar-refractivity contribution < 1.29 is 13.2 Å². The van der Waals surface area contributed by atoms with Crippen LogP contribution in [0.25, 0.3) is 0 Å². The molecule has 0 aromatic heterocycles. The molecule has 2 fully saturated rings. The van der Waals surface area contributed by atoms with Crippen molar-refractivity contribution in [1.29, 1.82) is 0 Å². The maximum absolute atomic E-state index is 12.7. The second-order valence-electron chi connectivity index (χ2n) is 8.11. The highest BCUT2D eigenvalue weighted by Crippen LogP contribution is 2.25. The number of carbonyl (C=O) groups is 1. The number of aryl methyl sites for hydroxylation is 1. The highest BCUT2D eigenvalue weighted by molar-refractivity contribution is 7.89. The predicted octanol–water partition coefficient (Wildman–Crippen LogP) is 2.92. The second kappa shape index (κ2) is 9.20. The molecule has 1 amide bonds. The average molecular weight is 393 g/mol. The number of sulfonamides is 1. The van der Waals surface area contributed by atoms with Crippen LogP contribution in [0, 0.1) is 11.8 Å². The summed E-state index contributed by atoms with van der Waals surface area (Å²) in [5.74, 6) is 0.992. The molecular weight excluding hydrogens is 360 g/mol. The average Bonchev–Trinajstić information content (AvgIpc) is 2.68. The van der Waals surface area contributed by atoms with Crippen molar-refractivity contribution in [3.63, 3.8) is 0 Å². The summed E-state index contributed by atoms with van der Waals surface area (Å²) in [5, 5.41) is 0. The number of carbonyl (C=O) groups excluding carboxylic acids is 1. The van der Waals surface area contributed by atoms with E-state index in [1.165, 1.54) is 12.0 Å². The van der Waals surface area contributed by atoms with Crippen LogP contribution in [0.4, 0.5) is 0 Å². The Morgan fingerprint density at radius 1 is 1.07 bits per heavy atom. The highest BCUT2D eigenvalue weighted by atomic mass is 32.2. The summed E-state index contributed by atoms with van der Waals surface area (Å²) in [6.45, 7) is 4.88. The van der Waals surface area contributed by atoms with Gasteiger partial charge in [0, 0.05) is 32.1 Å². The third-order valence-electron chi connectivity index (χ3n) is 5.88. The zero-order chi connectivity index (χ0) is 19.3. The fraction of sp³-hybridized carbons (Fsp3) is 0.667. The molecule has 2 saturated heterocycles. The summed E-state index contributed by atoms with van der Waals surface area (Å²) in [4.78, 5) is 14.7. The fourth-order valence-corrected chi connectivity index (χ4v) is 5.80. The van der Waals surface area contributed by atoms with Crippen LogP contribution in [0.2, 0.25) is 0 Å². The van der Waals surface area contributed by atoms with E-state index in [4.69, 9.17) is 0 Å². The smallest absolute Gasteiger partial charge is 0.225 e. The lowest BCUT2D eigenvalue weighted by Crippen LogP contribution is -2.47. The van der Waals surface area contributed by atoms with Crippen LogP contribution in [0.1, 0.15) is 44.6 Å². The van der Waals surface area contributed by atoms with Crippen LogP contribution in [-0.4, -0.2) is 55.5 Å². The lowest BCUT2D eigenvalue weighted by Gasteiger charge is -2.36. The molecular formula is C21H32N2O3S. The summed E-state index contributed by atoms with van der Waals surface area (Å²) >= 11 is 0. The van der Waals surface area contributed by atoms with E-state index in [0.29, 0.717) is 38.3 Å². The first kappa shape index (κ1) is 20.3. The van der Waals surface area contributed by atoms with Gasteiger partial charge in [0.1, 0.15) is 0 Å². The molecule has 6 heteroatoms. The molecule has 27 heavy (non-hydrogen) atoms. The first-order valence-corrected chi connectivity index (χ1v) is 11.9. The molecule has 2 aliphatic heterocycles. The normalized spacial score (nSPS) is 22.7. The molecule has 1 atom stereocenters. The number of likely N-dealkylation sites (tertiary alicyclic amines) is 1. The zero-order valence-corrected chi connectivity index (χ0v) is 17.2. The zero-order valence-electron chi connectivity index (χ0n) is 16.3. The van der Waals surface area contributed by atoms with Gasteiger partial charge >= 0.3 is 0 Å². The Morgan fingerprint density at radius 2 is 1.78 bits per heavy atom. The third-order valence-corrected chi connectivity index (χ3v) is 7.83. The lowest BCUT2D eigenvalue weighted by molar-refractivity contribution is -0.138. The molecule has 0 aliphatic carbocycles. The maximum Gasteiger partial charge on any atom is 0.225 e. The Hall–Kier alpha value is -1.40. The summed E-state index contributed by atoms with van der Waals surface area (Å²) < 4.78 is 26.9. The van der Waals surface area contributed by atoms with Gasteiger partial charge in [-0.2, -0.15) is 0 Å². The molecule has 1 aromatic rings. The summed E-state index contributed by atoms with van der Waals surface area (Å²) in [6.07, 6.45) is 5.01. The van der Waals surface area contributed by atoms with E-state index < -0.39 is 10.0 Å². The Kier molecular flexibility index (Phi) is 6.93. The Labute approximate surface area is 163 Å². The second-order valence-corrected chi connectivity index (χ2v) is 10.2. The monoisotopic (exact) mass is 392 g/mol. The van der Waals surface area contributed by atoms with Gasteiger partial charge in [0.15, 0.2) is 0 Å². The fourth-order valence-electron chi connectivity index (χ4n) is 4.26. The number of hydrogen-bond acceptors (Lipinski definition) is 3. The van der Waals surface area contributed by atoms with Crippen LogP contribution >= 0.6 is 0 Å². The molecule has 5 nitrogen and oxygen atoms in total. The third kappa shape index (κ3) is 5.55. The molecule has 0 spiro atoms. The first-order valence-electron chi connectivity index (χ1n) is 10.3. The minimum absolute atomic E-state index is 0.00827. The van der Waals surface area contributed by atoms with Gasteiger partial charge in [-0.1, -0.05) is 37.3 Å². The SMILES string of the molecule is CC1CCCN(C(=O)C2CCN(S(=O)(=O)CCCc3ccccc3)CC2)C1. The van der Waals surface area contributed by atoms with Crippen LogP contribution in [0.15, 0.2) is 30.3 Å². The van der Waals surface area contributed by atoms with Gasteiger partial charge in [-0.3, -0.25) is 4.79 Å². The minimum Gasteiger partial charge on any atom is -0.342 e. The number of hydrogen-bond donors (Lipinski definition) is 0. The van der Waals surface area contributed by atoms with Crippen LogP contribution in [-0.2, 0) is 21.2 Å². The van der Waals surface area contributed by atoms with Gasteiger partial charge in [0.2, 0.25) is 15.9 Å². The van der Waals surface area contributed by atoms with E-state index in [1.807, 2.05) is 35.2 Å². The number of amides is 1. The summed E-state index contributed by atoms with van der Waals surface area (Å²) in [7, 11) is -3.23. The van der Waals surface area contributed by atoms with E-state index in [-0.39, 0.29) is 17.6 Å². The number of nitrogens with zero attached hydrogens (tertiary/aromatic N) is 2. The summed E-state index contributed by atoms with van der Waals surface area (Å²) in [6, 6.07) is 10.00. The molecule has 0 N–H and O–H groups in total. The Balaban J connectivity index is 1.45. The Bertz CT molecular complexity index is 712. The standard InChI is InChI=1S/C21H32N2O3S/c1-18-7-5-13-22(17-18)21(24)20-11-14-23(15-12-20)27(25,26)16-6-10-19-8-3-2-4-9-19/h2-4,8-9,18,20H,5-7,10-17H2,1H3. The summed E-state index contributed by atoms with van der Waals surface area (Å²) in [5.41, 5.74) is 1.17. The van der Waals surface area contributed by atoms with Crippen LogP contribution in [0.3, 0.4) is 0 Å². The number of rotatable bonds is 6. The van der Waals surface area contributed by atoms with E-state index in [0.717, 1.165) is 25.9 Å². The largest absolute Gasteiger partial charge is 0.342 e. The molecule has 3 rings (SSSR count). The van der Waals surface area contributed by atoms with E-state index in [9.17, 15) is 13.2 Å².